The molecule has 1 heterocycles. The van der Waals surface area contributed by atoms with Gasteiger partial charge in [-0.05, 0) is 44.9 Å². The first-order valence-electron chi connectivity index (χ1n) is 9.00. The zero-order chi connectivity index (χ0) is 18.6. The molecule has 1 saturated heterocycles. The Hall–Kier alpha value is -0.340. The Morgan fingerprint density at radius 1 is 1.04 bits per heavy atom. The highest BCUT2D eigenvalue weighted by Crippen LogP contribution is 2.20. The van der Waals surface area contributed by atoms with E-state index in [1.165, 1.54) is 77.3 Å². The molecule has 2 unspecified atom stereocenters. The van der Waals surface area contributed by atoms with Gasteiger partial charge >= 0.3 is 5.51 Å². The Morgan fingerprint density at radius 3 is 2.12 bits per heavy atom. The van der Waals surface area contributed by atoms with Crippen LogP contribution in [0.15, 0.2) is 0 Å². The molecule has 0 radical (unpaired) electrons. The zero-order valence-corrected chi connectivity index (χ0v) is 15.6. The molecule has 146 valence electrons. The number of rotatable bonds is 8. The standard InChI is InChI=1S/C15H31N.CHF3O3S/c1-3-5-7-9-13-16-14-10-8-12-15(16)11-6-4-2;2-1(3,4)8(5,6)7/h15H,3-14H2,1-2H3;(H,5,6,7). The van der Waals surface area contributed by atoms with Crippen LogP contribution in [0.3, 0.4) is 0 Å². The minimum atomic E-state index is -6.09. The van der Waals surface area contributed by atoms with Gasteiger partial charge in [0.25, 0.3) is 0 Å². The van der Waals surface area contributed by atoms with Crippen LogP contribution in [0.4, 0.5) is 13.2 Å². The van der Waals surface area contributed by atoms with Gasteiger partial charge in [-0.25, -0.2) is 8.42 Å². The Balaban J connectivity index is 0.000000561. The van der Waals surface area contributed by atoms with Gasteiger partial charge in [-0.15, -0.1) is 0 Å². The third-order valence-electron chi connectivity index (χ3n) is 4.42. The first-order chi connectivity index (χ1) is 11.1. The fourth-order valence-electron chi connectivity index (χ4n) is 3.06. The van der Waals surface area contributed by atoms with Gasteiger partial charge in [-0.2, -0.15) is 13.2 Å². The summed E-state index contributed by atoms with van der Waals surface area (Å²) in [6.45, 7) is 7.54. The number of alkyl halides is 3. The second-order valence-electron chi connectivity index (χ2n) is 6.45. The first kappa shape index (κ1) is 23.7. The number of piperidine rings is 1. The van der Waals surface area contributed by atoms with Crippen LogP contribution in [0.5, 0.6) is 0 Å². The van der Waals surface area contributed by atoms with E-state index in [-0.39, 0.29) is 0 Å². The molecular weight excluding hydrogens is 343 g/mol. The van der Waals surface area contributed by atoms with E-state index in [4.69, 9.17) is 13.0 Å². The SMILES string of the molecule is CCCCCC[NH+]1CCCCC1CCCC.O=S(=O)([O-])C(F)(F)F. The average Bonchev–Trinajstić information content (AvgIpc) is 2.49. The van der Waals surface area contributed by atoms with Crippen molar-refractivity contribution in [2.45, 2.75) is 89.6 Å². The summed E-state index contributed by atoms with van der Waals surface area (Å²) in [4.78, 5) is 1.94. The summed E-state index contributed by atoms with van der Waals surface area (Å²) in [5, 5.41) is 0. The number of nitrogens with one attached hydrogen (secondary N) is 1. The molecule has 1 fully saturated rings. The number of hydrogen-bond acceptors (Lipinski definition) is 3. The lowest BCUT2D eigenvalue weighted by Gasteiger charge is -2.32. The molecule has 0 spiro atoms. The predicted octanol–water partition coefficient (Wildman–Crippen LogP) is 3.25. The van der Waals surface area contributed by atoms with Crippen molar-refractivity contribution >= 4 is 10.1 Å². The Morgan fingerprint density at radius 2 is 1.62 bits per heavy atom. The van der Waals surface area contributed by atoms with Crippen molar-refractivity contribution in [1.82, 2.24) is 0 Å². The van der Waals surface area contributed by atoms with Crippen LogP contribution in [0.2, 0.25) is 0 Å². The Kier molecular flexibility index (Phi) is 11.9. The number of halogens is 3. The highest BCUT2D eigenvalue weighted by atomic mass is 32.2. The van der Waals surface area contributed by atoms with Gasteiger partial charge in [0, 0.05) is 0 Å². The maximum atomic E-state index is 10.7. The van der Waals surface area contributed by atoms with Gasteiger partial charge in [0.2, 0.25) is 0 Å². The second kappa shape index (κ2) is 12.1. The van der Waals surface area contributed by atoms with Crippen molar-refractivity contribution in [2.24, 2.45) is 0 Å². The number of likely N-dealkylation sites (tertiary alicyclic amines) is 1. The monoisotopic (exact) mass is 375 g/mol. The number of quaternary nitrogens is 1. The predicted molar refractivity (Wildman–Crippen MR) is 87.8 cm³/mol. The zero-order valence-electron chi connectivity index (χ0n) is 14.8. The van der Waals surface area contributed by atoms with Gasteiger partial charge in [0.05, 0.1) is 19.1 Å². The van der Waals surface area contributed by atoms with Crippen molar-refractivity contribution in [2.75, 3.05) is 13.1 Å². The maximum Gasteiger partial charge on any atom is 0.485 e. The Bertz CT molecular complexity index is 413. The molecular formula is C16H32F3NO3S. The van der Waals surface area contributed by atoms with Crippen LogP contribution in [-0.2, 0) is 10.1 Å². The molecule has 0 aromatic carbocycles. The van der Waals surface area contributed by atoms with E-state index in [1.54, 1.807) is 0 Å². The number of unbranched alkanes of at least 4 members (excludes halogenated alkanes) is 4. The summed E-state index contributed by atoms with van der Waals surface area (Å²) < 4.78 is 58.9. The van der Waals surface area contributed by atoms with Crippen LogP contribution in [0, 0.1) is 0 Å². The highest BCUT2D eigenvalue weighted by Gasteiger charge is 2.36. The third kappa shape index (κ3) is 10.5. The number of hydrogen-bond donors (Lipinski definition) is 1. The largest absolute Gasteiger partial charge is 0.741 e. The summed E-state index contributed by atoms with van der Waals surface area (Å²) >= 11 is 0. The quantitative estimate of drug-likeness (QED) is 0.402. The molecule has 4 nitrogen and oxygen atoms in total. The van der Waals surface area contributed by atoms with E-state index in [0.29, 0.717) is 0 Å². The van der Waals surface area contributed by atoms with E-state index >= 15 is 0 Å². The molecule has 1 rings (SSSR count). The molecule has 24 heavy (non-hydrogen) atoms. The maximum absolute atomic E-state index is 10.7. The van der Waals surface area contributed by atoms with Crippen molar-refractivity contribution in [1.29, 1.82) is 0 Å². The van der Waals surface area contributed by atoms with Gasteiger partial charge < -0.3 is 9.45 Å². The summed E-state index contributed by atoms with van der Waals surface area (Å²) in [5.41, 5.74) is -5.65. The van der Waals surface area contributed by atoms with Crippen LogP contribution in [0.25, 0.3) is 0 Å². The highest BCUT2D eigenvalue weighted by molar-refractivity contribution is 7.86. The fourth-order valence-corrected chi connectivity index (χ4v) is 3.06. The topological polar surface area (TPSA) is 61.6 Å². The van der Waals surface area contributed by atoms with Crippen molar-refractivity contribution in [3.05, 3.63) is 0 Å². The van der Waals surface area contributed by atoms with E-state index < -0.39 is 15.6 Å². The average molecular weight is 375 g/mol. The van der Waals surface area contributed by atoms with Gasteiger partial charge in [-0.3, -0.25) is 0 Å². The summed E-state index contributed by atoms with van der Waals surface area (Å²) in [7, 11) is -6.09. The van der Waals surface area contributed by atoms with Crippen molar-refractivity contribution in [3.8, 4) is 0 Å². The van der Waals surface area contributed by atoms with Crippen LogP contribution >= 0.6 is 0 Å². The molecule has 1 N–H and O–H groups in total. The summed E-state index contributed by atoms with van der Waals surface area (Å²) in [5.74, 6) is 0. The molecule has 1 aliphatic heterocycles. The van der Waals surface area contributed by atoms with Crippen LogP contribution < -0.4 is 4.90 Å². The van der Waals surface area contributed by atoms with Gasteiger partial charge in [0.1, 0.15) is 0 Å². The minimum absolute atomic E-state index is 1.01. The third-order valence-corrected chi connectivity index (χ3v) is 4.99. The summed E-state index contributed by atoms with van der Waals surface area (Å²) in [6.07, 6.45) is 14.5. The first-order valence-corrected chi connectivity index (χ1v) is 10.4. The van der Waals surface area contributed by atoms with E-state index in [9.17, 15) is 13.2 Å². The molecule has 0 aromatic rings. The lowest BCUT2D eigenvalue weighted by atomic mass is 9.97. The smallest absolute Gasteiger partial charge is 0.485 e. The Labute approximate surface area is 144 Å². The lowest BCUT2D eigenvalue weighted by molar-refractivity contribution is -0.931. The fraction of sp³-hybridized carbons (Fsp3) is 1.00. The van der Waals surface area contributed by atoms with E-state index in [1.807, 2.05) is 4.90 Å². The molecule has 0 aromatic heterocycles. The molecule has 2 atom stereocenters. The van der Waals surface area contributed by atoms with Crippen LogP contribution in [-0.4, -0.2) is 37.6 Å². The van der Waals surface area contributed by atoms with Gasteiger partial charge in [0.15, 0.2) is 10.1 Å². The minimum Gasteiger partial charge on any atom is -0.741 e. The molecule has 8 heteroatoms. The van der Waals surface area contributed by atoms with Crippen molar-refractivity contribution in [3.63, 3.8) is 0 Å². The van der Waals surface area contributed by atoms with Crippen molar-refractivity contribution < 1.29 is 31.0 Å². The van der Waals surface area contributed by atoms with Crippen LogP contribution in [0.1, 0.15) is 78.1 Å². The normalized spacial score (nSPS) is 21.9. The molecule has 1 aliphatic rings. The lowest BCUT2D eigenvalue weighted by Crippen LogP contribution is -3.16. The molecule has 0 aliphatic carbocycles. The van der Waals surface area contributed by atoms with E-state index in [0.717, 1.165) is 6.04 Å². The second-order valence-corrected chi connectivity index (χ2v) is 7.82. The molecule has 0 amide bonds. The summed E-state index contributed by atoms with van der Waals surface area (Å²) in [6, 6.07) is 1.01. The van der Waals surface area contributed by atoms with E-state index in [2.05, 4.69) is 13.8 Å². The molecule has 0 saturated carbocycles. The van der Waals surface area contributed by atoms with Gasteiger partial charge in [-0.1, -0.05) is 33.1 Å². The molecule has 0 bridgehead atoms.